The molecule has 1 N–H and O–H groups in total. The van der Waals surface area contributed by atoms with Gasteiger partial charge in [0, 0.05) is 7.41 Å². The van der Waals surface area contributed by atoms with Crippen molar-refractivity contribution in [1.29, 1.82) is 0 Å². The second-order valence-electron chi connectivity index (χ2n) is 10.5. The molecule has 0 bridgehead atoms. The summed E-state index contributed by atoms with van der Waals surface area (Å²) in [4.78, 5) is 2.73. The van der Waals surface area contributed by atoms with Crippen molar-refractivity contribution in [2.45, 2.75) is 51.9 Å². The van der Waals surface area contributed by atoms with Crippen molar-refractivity contribution >= 4 is 24.6 Å². The van der Waals surface area contributed by atoms with Crippen LogP contribution in [0.3, 0.4) is 0 Å². The van der Waals surface area contributed by atoms with E-state index in [0.29, 0.717) is 0 Å². The highest BCUT2D eigenvalue weighted by molar-refractivity contribution is 7.85. The van der Waals surface area contributed by atoms with E-state index >= 15 is 0 Å². The molecule has 0 radical (unpaired) electrons. The van der Waals surface area contributed by atoms with Gasteiger partial charge in [0.2, 0.25) is 6.28 Å². The molecule has 1 saturated heterocycles. The summed E-state index contributed by atoms with van der Waals surface area (Å²) < 4.78 is 144. The van der Waals surface area contributed by atoms with E-state index in [1.54, 1.807) is 41.5 Å². The minimum absolute atomic E-state index is 0.587. The lowest BCUT2D eigenvalue weighted by atomic mass is 9.29. The van der Waals surface area contributed by atoms with E-state index in [4.69, 9.17) is 0 Å². The van der Waals surface area contributed by atoms with E-state index in [-0.39, 0.29) is 0 Å². The molecule has 0 aromatic heterocycles. The second-order valence-corrected chi connectivity index (χ2v) is 15.4. The molecular weight excluding hydrogens is 498 g/mol. The molecular formula is C21H21BF10NP. The van der Waals surface area contributed by atoms with Crippen molar-refractivity contribution in [2.24, 2.45) is 0 Å². The largest absolute Gasteiger partial charge is 0.343 e. The predicted octanol–water partition coefficient (Wildman–Crippen LogP) is 5.81. The maximum Gasteiger partial charge on any atom is 0.204 e. The second kappa shape index (κ2) is 7.85. The number of hydrogen-bond donors (Lipinski definition) is 1. The Morgan fingerprint density at radius 1 is 0.500 bits per heavy atom. The van der Waals surface area contributed by atoms with Crippen molar-refractivity contribution in [3.05, 3.63) is 58.2 Å². The summed E-state index contributed by atoms with van der Waals surface area (Å²) in [5.74, 6) is -24.3. The van der Waals surface area contributed by atoms with Crippen LogP contribution in [0.1, 0.15) is 41.5 Å². The van der Waals surface area contributed by atoms with Crippen LogP contribution >= 0.6 is 7.41 Å². The topological polar surface area (TPSA) is 12.0 Å². The maximum absolute atomic E-state index is 15.0. The Labute approximate surface area is 190 Å². The molecule has 0 unspecified atom stereocenters. The minimum atomic E-state index is -3.86. The fourth-order valence-electron chi connectivity index (χ4n) is 5.27. The lowest BCUT2D eigenvalue weighted by Gasteiger charge is -2.67. The van der Waals surface area contributed by atoms with Crippen LogP contribution in [-0.4, -0.2) is 22.7 Å². The Kier molecular flexibility index (Phi) is 6.19. The zero-order valence-electron chi connectivity index (χ0n) is 19.0. The highest BCUT2D eigenvalue weighted by Crippen LogP contribution is 2.79. The Hall–Kier alpha value is -1.81. The van der Waals surface area contributed by atoms with Gasteiger partial charge in [-0.15, -0.1) is 10.9 Å². The summed E-state index contributed by atoms with van der Waals surface area (Å²) in [6.45, 7) is 10.1. The summed E-state index contributed by atoms with van der Waals surface area (Å²) in [7, 11) is -2.82. The van der Waals surface area contributed by atoms with Crippen LogP contribution in [0.4, 0.5) is 43.9 Å². The molecule has 13 heteroatoms. The summed E-state index contributed by atoms with van der Waals surface area (Å²) >= 11 is 0. The first-order chi connectivity index (χ1) is 15.3. The Morgan fingerprint density at radius 2 is 0.706 bits per heavy atom. The summed E-state index contributed by atoms with van der Waals surface area (Å²) in [6, 6.07) is -0.587. The van der Waals surface area contributed by atoms with Gasteiger partial charge in [-0.05, 0) is 47.6 Å². The van der Waals surface area contributed by atoms with Gasteiger partial charge in [-0.25, -0.2) is 43.9 Å². The zero-order valence-corrected chi connectivity index (χ0v) is 19.9. The number of hydrogen-bond acceptors (Lipinski definition) is 1. The molecule has 0 saturated carbocycles. The van der Waals surface area contributed by atoms with Gasteiger partial charge in [-0.1, -0.05) is 0 Å². The van der Waals surface area contributed by atoms with E-state index in [0.717, 1.165) is 0 Å². The van der Waals surface area contributed by atoms with Crippen molar-refractivity contribution in [2.75, 3.05) is 6.06 Å². The lowest BCUT2D eigenvalue weighted by Crippen LogP contribution is -2.84. The summed E-state index contributed by atoms with van der Waals surface area (Å²) in [5, 5.41) is -1.52. The normalized spacial score (nSPS) is 17.6. The van der Waals surface area contributed by atoms with Crippen molar-refractivity contribution in [3.8, 4) is 0 Å². The molecule has 1 fully saturated rings. The van der Waals surface area contributed by atoms with Crippen molar-refractivity contribution in [3.63, 3.8) is 0 Å². The molecule has 34 heavy (non-hydrogen) atoms. The van der Waals surface area contributed by atoms with Crippen molar-refractivity contribution in [1.82, 2.24) is 5.00 Å². The first-order valence-electron chi connectivity index (χ1n) is 10.2. The van der Waals surface area contributed by atoms with Crippen LogP contribution < -0.4 is 15.9 Å². The van der Waals surface area contributed by atoms with Crippen LogP contribution in [-0.2, 0) is 0 Å². The summed E-state index contributed by atoms with van der Waals surface area (Å²) in [5.41, 5.74) is -3.30. The van der Waals surface area contributed by atoms with Crippen LogP contribution in [0.5, 0.6) is 0 Å². The van der Waals surface area contributed by atoms with E-state index in [2.05, 4.69) is 5.00 Å². The van der Waals surface area contributed by atoms with Gasteiger partial charge in [0.1, 0.15) is 23.3 Å². The molecule has 2 aromatic rings. The highest BCUT2D eigenvalue weighted by Gasteiger charge is 2.69. The first-order valence-corrected chi connectivity index (χ1v) is 12.1. The van der Waals surface area contributed by atoms with Crippen LogP contribution in [0.15, 0.2) is 0 Å². The molecule has 1 aliphatic rings. The average Bonchev–Trinajstić information content (AvgIpc) is 2.68. The van der Waals surface area contributed by atoms with Crippen LogP contribution in [0.2, 0.25) is 0 Å². The maximum atomic E-state index is 15.0. The third-order valence-corrected chi connectivity index (χ3v) is 13.3. The van der Waals surface area contributed by atoms with Gasteiger partial charge in [0.05, 0.1) is 10.3 Å². The predicted molar refractivity (Wildman–Crippen MR) is 112 cm³/mol. The van der Waals surface area contributed by atoms with E-state index in [9.17, 15) is 43.9 Å². The van der Waals surface area contributed by atoms with Crippen LogP contribution in [0.25, 0.3) is 0 Å². The first kappa shape index (κ1) is 26.8. The van der Waals surface area contributed by atoms with Gasteiger partial charge in [0.25, 0.3) is 0 Å². The fourth-order valence-corrected chi connectivity index (χ4v) is 11.3. The van der Waals surface area contributed by atoms with Gasteiger partial charge in [-0.3, -0.25) is 0 Å². The van der Waals surface area contributed by atoms with Gasteiger partial charge >= 0.3 is 0 Å². The Morgan fingerprint density at radius 3 is 0.912 bits per heavy atom. The molecule has 0 atom stereocenters. The monoisotopic (exact) mass is 519 g/mol. The van der Waals surface area contributed by atoms with Gasteiger partial charge < -0.3 is 5.00 Å². The van der Waals surface area contributed by atoms with Crippen LogP contribution in [0, 0.1) is 58.2 Å². The SMILES string of the molecule is CC(C)(C)[P+]1(C(C)(C)C)C[B-](c2c(F)c(F)c(F)c(F)c2F)(c2c(F)c(F)c(F)c(F)c2F)N1. The number of halogens is 10. The number of rotatable bonds is 2. The average molecular weight is 519 g/mol. The third-order valence-electron chi connectivity index (χ3n) is 6.75. The molecule has 1 nitrogen and oxygen atoms in total. The lowest BCUT2D eigenvalue weighted by molar-refractivity contribution is 0.381. The molecule has 188 valence electrons. The van der Waals surface area contributed by atoms with E-state index in [1.807, 2.05) is 0 Å². The molecule has 1 aliphatic heterocycles. The molecule has 0 aliphatic carbocycles. The highest BCUT2D eigenvalue weighted by atomic mass is 31.2. The number of benzene rings is 2. The quantitative estimate of drug-likeness (QED) is 0.174. The Bertz CT molecular complexity index is 1050. The van der Waals surface area contributed by atoms with Gasteiger partial charge in [-0.2, -0.15) is 0 Å². The molecule has 0 spiro atoms. The third kappa shape index (κ3) is 3.31. The van der Waals surface area contributed by atoms with Gasteiger partial charge in [0.15, 0.2) is 34.9 Å². The van der Waals surface area contributed by atoms with E-state index in [1.165, 1.54) is 0 Å². The number of nitrogens with one attached hydrogen (secondary N) is 1. The molecule has 3 rings (SSSR count). The molecule has 2 aromatic carbocycles. The van der Waals surface area contributed by atoms with Crippen molar-refractivity contribution < 1.29 is 43.9 Å². The fraction of sp³-hybridized carbons (Fsp3) is 0.429. The molecule has 1 heterocycles. The minimum Gasteiger partial charge on any atom is -0.343 e. The summed E-state index contributed by atoms with van der Waals surface area (Å²) in [6.07, 6.45) is -3.86. The smallest absolute Gasteiger partial charge is 0.204 e. The van der Waals surface area contributed by atoms with E-state index < -0.39 is 99.2 Å². The Balaban J connectivity index is 2.53. The standard InChI is InChI=1S/C21H21BF10NP/c1-20(2,3)34(21(4,5)6)7-22(33-34,8-10(23)14(27)18(31)15(28)11(8)24)9-12(25)16(29)19(32)17(30)13(9)26/h33H,7H2,1-6H3. The molecule has 0 amide bonds. The zero-order chi connectivity index (χ0) is 26.3.